The van der Waals surface area contributed by atoms with Gasteiger partial charge in [0.15, 0.2) is 0 Å². The Labute approximate surface area is 74.1 Å². The number of hydrogen-bond donors (Lipinski definition) is 2. The predicted molar refractivity (Wildman–Crippen MR) is 41.1 cm³/mol. The van der Waals surface area contributed by atoms with Crippen molar-refractivity contribution in [3.8, 4) is 0 Å². The highest BCUT2D eigenvalue weighted by molar-refractivity contribution is 5.74. The molecule has 2 amide bonds. The Morgan fingerprint density at radius 1 is 1.38 bits per heavy atom. The molecule has 0 bridgehead atoms. The maximum absolute atomic E-state index is 11.5. The Balaban J connectivity index is 3.53. The number of alkyl halides is 3. The lowest BCUT2D eigenvalue weighted by Crippen LogP contribution is -2.45. The molecule has 0 aromatic heterocycles. The van der Waals surface area contributed by atoms with E-state index in [1.54, 1.807) is 19.0 Å². The van der Waals surface area contributed by atoms with E-state index >= 15 is 0 Å². The third-order valence-corrected chi connectivity index (χ3v) is 1.10. The van der Waals surface area contributed by atoms with Gasteiger partial charge in [0.25, 0.3) is 0 Å². The van der Waals surface area contributed by atoms with E-state index in [4.69, 9.17) is 0 Å². The van der Waals surface area contributed by atoms with Crippen LogP contribution in [-0.2, 0) is 0 Å². The van der Waals surface area contributed by atoms with Crippen LogP contribution in [0.1, 0.15) is 0 Å². The summed E-state index contributed by atoms with van der Waals surface area (Å²) in [4.78, 5) is 12.2. The lowest BCUT2D eigenvalue weighted by molar-refractivity contribution is -0.145. The molecule has 0 heterocycles. The number of halogens is 3. The van der Waals surface area contributed by atoms with Crippen LogP contribution in [0.2, 0.25) is 0 Å². The van der Waals surface area contributed by atoms with E-state index in [2.05, 4.69) is 5.32 Å². The van der Waals surface area contributed by atoms with Gasteiger partial charge < -0.3 is 10.2 Å². The summed E-state index contributed by atoms with van der Waals surface area (Å²) in [6, 6.07) is -1.23. The number of rotatable bonds is 3. The number of urea groups is 1. The van der Waals surface area contributed by atoms with E-state index < -0.39 is 12.3 Å². The van der Waals surface area contributed by atoms with Gasteiger partial charge in [0.1, 0.15) is 0 Å². The van der Waals surface area contributed by atoms with Crippen LogP contribution in [0.3, 0.4) is 0 Å². The van der Waals surface area contributed by atoms with Gasteiger partial charge in [-0.3, -0.25) is 0 Å². The average Bonchev–Trinajstić information content (AvgIpc) is 1.81. The fraction of sp³-hybridized carbons (Fsp3) is 0.833. The molecular weight excluding hydrogens is 187 g/mol. The molecule has 0 rings (SSSR count). The molecule has 0 atom stereocenters. The lowest BCUT2D eigenvalue weighted by Gasteiger charge is -2.12. The summed E-state index contributed by atoms with van der Waals surface area (Å²) < 4.78 is 34.5. The van der Waals surface area contributed by atoms with E-state index in [-0.39, 0.29) is 6.54 Å². The minimum atomic E-state index is -4.66. The van der Waals surface area contributed by atoms with E-state index in [1.807, 2.05) is 0 Å². The Kier molecular flexibility index (Phi) is 4.53. The van der Waals surface area contributed by atoms with Crippen molar-refractivity contribution in [2.45, 2.75) is 6.30 Å². The second-order valence-electron chi connectivity index (χ2n) is 2.68. The number of amides is 2. The molecule has 0 unspecified atom stereocenters. The molecule has 0 aliphatic carbocycles. The maximum Gasteiger partial charge on any atom is 0.485 e. The quantitative estimate of drug-likeness (QED) is 0.645. The van der Waals surface area contributed by atoms with Crippen LogP contribution in [0.15, 0.2) is 0 Å². The van der Waals surface area contributed by atoms with Crippen molar-refractivity contribution in [3.05, 3.63) is 0 Å². The normalized spacial score (nSPS) is 11.5. The van der Waals surface area contributed by atoms with Gasteiger partial charge in [-0.15, -0.1) is 0 Å². The molecule has 0 radical (unpaired) electrons. The van der Waals surface area contributed by atoms with Gasteiger partial charge >= 0.3 is 12.3 Å². The third-order valence-electron chi connectivity index (χ3n) is 1.10. The molecule has 7 heteroatoms. The molecule has 4 nitrogen and oxygen atoms in total. The highest BCUT2D eigenvalue weighted by atomic mass is 19.4. The minimum Gasteiger partial charge on any atom is -0.337 e. The smallest absolute Gasteiger partial charge is 0.337 e. The lowest BCUT2D eigenvalue weighted by atomic mass is 10.6. The Bertz CT molecular complexity index is 169. The zero-order valence-electron chi connectivity index (χ0n) is 7.40. The van der Waals surface area contributed by atoms with Crippen LogP contribution in [0.5, 0.6) is 0 Å². The Morgan fingerprint density at radius 3 is 2.31 bits per heavy atom. The monoisotopic (exact) mass is 199 g/mol. The molecule has 78 valence electrons. The summed E-state index contributed by atoms with van der Waals surface area (Å²) in [7, 11) is 3.51. The number of nitrogens with one attached hydrogen (secondary N) is 2. The first kappa shape index (κ1) is 12.0. The van der Waals surface area contributed by atoms with E-state index in [1.165, 1.54) is 0 Å². The molecule has 0 fully saturated rings. The van der Waals surface area contributed by atoms with Crippen molar-refractivity contribution >= 4 is 6.03 Å². The largest absolute Gasteiger partial charge is 0.485 e. The zero-order valence-corrected chi connectivity index (χ0v) is 7.40. The van der Waals surface area contributed by atoms with Crippen molar-refractivity contribution in [1.82, 2.24) is 15.5 Å². The number of carbonyl (C=O) groups is 1. The summed E-state index contributed by atoms with van der Waals surface area (Å²) in [5.74, 6) is 0. The molecule has 0 saturated heterocycles. The van der Waals surface area contributed by atoms with Crippen molar-refractivity contribution in [1.29, 1.82) is 0 Å². The first-order valence-corrected chi connectivity index (χ1v) is 3.59. The Hall–Kier alpha value is -0.980. The maximum atomic E-state index is 11.5. The first-order chi connectivity index (χ1) is 5.81. The second kappa shape index (κ2) is 4.90. The summed E-state index contributed by atoms with van der Waals surface area (Å²) >= 11 is 0. The van der Waals surface area contributed by atoms with Crippen molar-refractivity contribution in [2.24, 2.45) is 0 Å². The number of hydrogen-bond acceptors (Lipinski definition) is 2. The molecular formula is C6H12F3N3O. The molecule has 0 aromatic carbocycles. The first-order valence-electron chi connectivity index (χ1n) is 3.59. The predicted octanol–water partition coefficient (Wildman–Crippen LogP) is 0.367. The summed E-state index contributed by atoms with van der Waals surface area (Å²) in [5.41, 5.74) is 0. The van der Waals surface area contributed by atoms with Crippen molar-refractivity contribution in [3.63, 3.8) is 0 Å². The van der Waals surface area contributed by atoms with Crippen molar-refractivity contribution in [2.75, 3.05) is 27.2 Å². The van der Waals surface area contributed by atoms with Gasteiger partial charge in [-0.25, -0.2) is 10.1 Å². The van der Waals surface area contributed by atoms with Gasteiger partial charge in [0.05, 0.1) is 0 Å². The highest BCUT2D eigenvalue weighted by Crippen LogP contribution is 2.08. The number of carbonyl (C=O) groups excluding carboxylic acids is 1. The fourth-order valence-corrected chi connectivity index (χ4v) is 0.566. The van der Waals surface area contributed by atoms with E-state index in [9.17, 15) is 18.0 Å². The molecule has 0 saturated carbocycles. The highest BCUT2D eigenvalue weighted by Gasteiger charge is 2.29. The molecule has 0 aromatic rings. The minimum absolute atomic E-state index is 0.176. The number of nitrogens with zero attached hydrogens (tertiary/aromatic N) is 1. The van der Waals surface area contributed by atoms with E-state index in [0.717, 1.165) is 5.32 Å². The number of likely N-dealkylation sites (N-methyl/N-ethyl adjacent to an activating group) is 1. The zero-order chi connectivity index (χ0) is 10.5. The Morgan fingerprint density at radius 2 is 1.92 bits per heavy atom. The van der Waals surface area contributed by atoms with Gasteiger partial charge in [0.2, 0.25) is 0 Å². The third kappa shape index (κ3) is 8.93. The van der Waals surface area contributed by atoms with Crippen LogP contribution in [0.4, 0.5) is 18.0 Å². The SMILES string of the molecule is CN(C)CCNC(=O)NC(F)(F)F. The van der Waals surface area contributed by atoms with Gasteiger partial charge in [-0.2, -0.15) is 13.2 Å². The van der Waals surface area contributed by atoms with Crippen LogP contribution in [0.25, 0.3) is 0 Å². The standard InChI is InChI=1S/C6H12F3N3O/c1-12(2)4-3-10-5(13)11-6(7,8)9/h3-4H2,1-2H3,(H2,10,11,13). The fourth-order valence-electron chi connectivity index (χ4n) is 0.566. The molecule has 0 aliphatic rings. The average molecular weight is 199 g/mol. The summed E-state index contributed by atoms with van der Waals surface area (Å²) in [6.45, 7) is 0.667. The van der Waals surface area contributed by atoms with Gasteiger partial charge in [-0.1, -0.05) is 0 Å². The summed E-state index contributed by atoms with van der Waals surface area (Å²) in [6.07, 6.45) is -4.66. The molecule has 0 spiro atoms. The molecule has 13 heavy (non-hydrogen) atoms. The van der Waals surface area contributed by atoms with Gasteiger partial charge in [0, 0.05) is 13.1 Å². The van der Waals surface area contributed by atoms with Crippen LogP contribution in [-0.4, -0.2) is 44.4 Å². The van der Waals surface area contributed by atoms with Crippen LogP contribution >= 0.6 is 0 Å². The van der Waals surface area contributed by atoms with Crippen LogP contribution < -0.4 is 10.6 Å². The molecule has 2 N–H and O–H groups in total. The molecule has 0 aliphatic heterocycles. The van der Waals surface area contributed by atoms with Crippen LogP contribution in [0, 0.1) is 0 Å². The second-order valence-corrected chi connectivity index (χ2v) is 2.68. The topological polar surface area (TPSA) is 44.4 Å². The summed E-state index contributed by atoms with van der Waals surface area (Å²) in [5, 5.41) is 2.88. The van der Waals surface area contributed by atoms with Gasteiger partial charge in [-0.05, 0) is 14.1 Å². The van der Waals surface area contributed by atoms with E-state index in [0.29, 0.717) is 6.54 Å². The van der Waals surface area contributed by atoms with Crippen molar-refractivity contribution < 1.29 is 18.0 Å².